The zero-order valence-corrected chi connectivity index (χ0v) is 11.4. The molecule has 0 aliphatic carbocycles. The van der Waals surface area contributed by atoms with Crippen molar-refractivity contribution in [1.82, 2.24) is 10.2 Å². The van der Waals surface area contributed by atoms with Crippen LogP contribution < -0.4 is 5.32 Å². The summed E-state index contributed by atoms with van der Waals surface area (Å²) in [5.74, 6) is 1.92. The number of carbonyl (C=O) groups is 1. The van der Waals surface area contributed by atoms with E-state index in [4.69, 9.17) is 0 Å². The standard InChI is InChI=1S/C14H18N2OS/c1-16-7-6-12(14(16)17)15-8-10-9-18-13-5-3-2-4-11(10)13/h2-5,10,12,15H,6-9H2,1H3. The molecule has 3 rings (SSSR count). The Kier molecular flexibility index (Phi) is 3.31. The quantitative estimate of drug-likeness (QED) is 0.900. The maximum atomic E-state index is 11.8. The van der Waals surface area contributed by atoms with Gasteiger partial charge in [-0.15, -0.1) is 11.8 Å². The van der Waals surface area contributed by atoms with Crippen LogP contribution in [0.3, 0.4) is 0 Å². The van der Waals surface area contributed by atoms with Crippen LogP contribution >= 0.6 is 11.8 Å². The summed E-state index contributed by atoms with van der Waals surface area (Å²) in [7, 11) is 1.88. The molecule has 96 valence electrons. The average Bonchev–Trinajstić information content (AvgIpc) is 2.94. The van der Waals surface area contributed by atoms with Gasteiger partial charge in [0.1, 0.15) is 0 Å². The topological polar surface area (TPSA) is 32.3 Å². The second-order valence-electron chi connectivity index (χ2n) is 5.06. The minimum absolute atomic E-state index is 0.0350. The number of amides is 1. The maximum absolute atomic E-state index is 11.8. The molecule has 1 amide bonds. The Morgan fingerprint density at radius 2 is 2.28 bits per heavy atom. The molecule has 4 heteroatoms. The van der Waals surface area contributed by atoms with Gasteiger partial charge < -0.3 is 10.2 Å². The van der Waals surface area contributed by atoms with Gasteiger partial charge in [0.2, 0.25) is 5.91 Å². The van der Waals surface area contributed by atoms with Gasteiger partial charge in [-0.05, 0) is 18.1 Å². The van der Waals surface area contributed by atoms with E-state index in [0.29, 0.717) is 5.92 Å². The van der Waals surface area contributed by atoms with E-state index in [1.54, 1.807) is 0 Å². The summed E-state index contributed by atoms with van der Waals surface area (Å²) < 4.78 is 0. The van der Waals surface area contributed by atoms with Crippen molar-refractivity contribution in [2.45, 2.75) is 23.3 Å². The summed E-state index contributed by atoms with van der Waals surface area (Å²) in [6.45, 7) is 1.79. The van der Waals surface area contributed by atoms with Crippen molar-refractivity contribution in [3.05, 3.63) is 29.8 Å². The van der Waals surface area contributed by atoms with Crippen molar-refractivity contribution in [3.8, 4) is 0 Å². The normalized spacial score (nSPS) is 26.7. The number of nitrogens with zero attached hydrogens (tertiary/aromatic N) is 1. The predicted molar refractivity (Wildman–Crippen MR) is 74.0 cm³/mol. The van der Waals surface area contributed by atoms with Gasteiger partial charge in [0, 0.05) is 36.7 Å². The average molecular weight is 262 g/mol. The third kappa shape index (κ3) is 2.15. The Hall–Kier alpha value is -1.00. The fourth-order valence-corrected chi connectivity index (χ4v) is 3.95. The lowest BCUT2D eigenvalue weighted by Crippen LogP contribution is -2.39. The van der Waals surface area contributed by atoms with Crippen molar-refractivity contribution in [1.29, 1.82) is 0 Å². The monoisotopic (exact) mass is 262 g/mol. The Bertz CT molecular complexity index is 463. The molecule has 0 saturated carbocycles. The summed E-state index contributed by atoms with van der Waals surface area (Å²) in [4.78, 5) is 15.0. The Morgan fingerprint density at radius 3 is 3.06 bits per heavy atom. The molecule has 2 heterocycles. The molecule has 2 aliphatic rings. The van der Waals surface area contributed by atoms with Crippen LogP contribution in [0.25, 0.3) is 0 Å². The fraction of sp³-hybridized carbons (Fsp3) is 0.500. The molecular weight excluding hydrogens is 244 g/mol. The molecule has 1 saturated heterocycles. The first kappa shape index (κ1) is 12.1. The number of benzene rings is 1. The predicted octanol–water partition coefficient (Wildman–Crippen LogP) is 1.70. The van der Waals surface area contributed by atoms with Crippen molar-refractivity contribution in [2.24, 2.45) is 0 Å². The molecule has 2 aliphatic heterocycles. The number of hydrogen-bond donors (Lipinski definition) is 1. The van der Waals surface area contributed by atoms with Crippen molar-refractivity contribution < 1.29 is 4.79 Å². The molecule has 1 aromatic carbocycles. The lowest BCUT2D eigenvalue weighted by molar-refractivity contribution is -0.128. The summed E-state index contributed by atoms with van der Waals surface area (Å²) in [5.41, 5.74) is 1.44. The van der Waals surface area contributed by atoms with Crippen LogP contribution in [0.4, 0.5) is 0 Å². The molecule has 2 unspecified atom stereocenters. The summed E-state index contributed by atoms with van der Waals surface area (Å²) >= 11 is 1.92. The molecule has 0 aromatic heterocycles. The highest BCUT2D eigenvalue weighted by Gasteiger charge is 2.30. The smallest absolute Gasteiger partial charge is 0.239 e. The Balaban J connectivity index is 1.61. The first-order valence-electron chi connectivity index (χ1n) is 6.46. The van der Waals surface area contributed by atoms with E-state index in [1.807, 2.05) is 23.7 Å². The van der Waals surface area contributed by atoms with Crippen molar-refractivity contribution in [2.75, 3.05) is 25.9 Å². The maximum Gasteiger partial charge on any atom is 0.239 e. The van der Waals surface area contributed by atoms with Crippen LogP contribution in [0.1, 0.15) is 17.9 Å². The van der Waals surface area contributed by atoms with E-state index in [2.05, 4.69) is 29.6 Å². The van der Waals surface area contributed by atoms with E-state index >= 15 is 0 Å². The Labute approximate surface area is 112 Å². The minimum atomic E-state index is 0.0350. The second-order valence-corrected chi connectivity index (χ2v) is 6.12. The molecule has 1 N–H and O–H groups in total. The number of thioether (sulfide) groups is 1. The third-order valence-corrected chi connectivity index (χ3v) is 5.09. The molecular formula is C14H18N2OS. The van der Waals surface area contributed by atoms with Crippen LogP contribution in [-0.4, -0.2) is 42.7 Å². The summed E-state index contributed by atoms with van der Waals surface area (Å²) in [6.07, 6.45) is 0.941. The van der Waals surface area contributed by atoms with Crippen LogP contribution in [-0.2, 0) is 4.79 Å². The molecule has 0 radical (unpaired) electrons. The highest BCUT2D eigenvalue weighted by Crippen LogP contribution is 2.38. The molecule has 18 heavy (non-hydrogen) atoms. The van der Waals surface area contributed by atoms with Gasteiger partial charge in [0.25, 0.3) is 0 Å². The van der Waals surface area contributed by atoms with Crippen LogP contribution in [0, 0.1) is 0 Å². The van der Waals surface area contributed by atoms with E-state index in [9.17, 15) is 4.79 Å². The lowest BCUT2D eigenvalue weighted by atomic mass is 10.0. The minimum Gasteiger partial charge on any atom is -0.344 e. The van der Waals surface area contributed by atoms with Gasteiger partial charge in [-0.25, -0.2) is 0 Å². The van der Waals surface area contributed by atoms with Crippen LogP contribution in [0.15, 0.2) is 29.2 Å². The highest BCUT2D eigenvalue weighted by molar-refractivity contribution is 7.99. The zero-order chi connectivity index (χ0) is 12.5. The SMILES string of the molecule is CN1CCC(NCC2CSc3ccccc32)C1=O. The van der Waals surface area contributed by atoms with Gasteiger partial charge in [0.05, 0.1) is 6.04 Å². The molecule has 1 fully saturated rings. The van der Waals surface area contributed by atoms with Crippen LogP contribution in [0.2, 0.25) is 0 Å². The number of likely N-dealkylation sites (N-methyl/N-ethyl adjacent to an activating group) is 1. The molecule has 0 bridgehead atoms. The molecule has 2 atom stereocenters. The number of hydrogen-bond acceptors (Lipinski definition) is 3. The van der Waals surface area contributed by atoms with Gasteiger partial charge >= 0.3 is 0 Å². The fourth-order valence-electron chi connectivity index (χ4n) is 2.69. The van der Waals surface area contributed by atoms with Gasteiger partial charge in [-0.3, -0.25) is 4.79 Å². The zero-order valence-electron chi connectivity index (χ0n) is 10.6. The second kappa shape index (κ2) is 4.94. The molecule has 3 nitrogen and oxygen atoms in total. The van der Waals surface area contributed by atoms with E-state index < -0.39 is 0 Å². The first-order valence-corrected chi connectivity index (χ1v) is 7.44. The Morgan fingerprint density at radius 1 is 1.44 bits per heavy atom. The van der Waals surface area contributed by atoms with Gasteiger partial charge in [-0.1, -0.05) is 18.2 Å². The molecule has 1 aromatic rings. The number of fused-ring (bicyclic) bond motifs is 1. The third-order valence-electron chi connectivity index (χ3n) is 3.84. The van der Waals surface area contributed by atoms with E-state index in [0.717, 1.165) is 25.3 Å². The van der Waals surface area contributed by atoms with Crippen molar-refractivity contribution in [3.63, 3.8) is 0 Å². The summed E-state index contributed by atoms with van der Waals surface area (Å²) in [6, 6.07) is 8.63. The van der Waals surface area contributed by atoms with Gasteiger partial charge in [-0.2, -0.15) is 0 Å². The van der Waals surface area contributed by atoms with Crippen LogP contribution in [0.5, 0.6) is 0 Å². The first-order chi connectivity index (χ1) is 8.75. The number of rotatable bonds is 3. The largest absolute Gasteiger partial charge is 0.344 e. The van der Waals surface area contributed by atoms with E-state index in [-0.39, 0.29) is 11.9 Å². The number of likely N-dealkylation sites (tertiary alicyclic amines) is 1. The van der Waals surface area contributed by atoms with Crippen molar-refractivity contribution >= 4 is 17.7 Å². The van der Waals surface area contributed by atoms with E-state index in [1.165, 1.54) is 10.5 Å². The highest BCUT2D eigenvalue weighted by atomic mass is 32.2. The number of nitrogens with one attached hydrogen (secondary N) is 1. The molecule has 0 spiro atoms. The lowest BCUT2D eigenvalue weighted by Gasteiger charge is -2.16. The van der Waals surface area contributed by atoms with Gasteiger partial charge in [0.15, 0.2) is 0 Å². The number of carbonyl (C=O) groups excluding carboxylic acids is 1. The summed E-state index contributed by atoms with van der Waals surface area (Å²) in [5, 5.41) is 3.44.